The second-order valence-electron chi connectivity index (χ2n) is 6.81. The first kappa shape index (κ1) is 16.1. The molecule has 0 aromatic carbocycles. The van der Waals surface area contributed by atoms with Gasteiger partial charge in [-0.05, 0) is 35.2 Å². The van der Waals surface area contributed by atoms with Crippen LogP contribution in [0, 0.1) is 0 Å². The summed E-state index contributed by atoms with van der Waals surface area (Å²) in [6.07, 6.45) is 6.05. The summed E-state index contributed by atoms with van der Waals surface area (Å²) >= 11 is 3.33. The molecule has 1 aromatic rings. The highest BCUT2D eigenvalue weighted by molar-refractivity contribution is 9.10. The number of hydrogen-bond donors (Lipinski definition) is 0. The van der Waals surface area contributed by atoms with Crippen molar-refractivity contribution in [2.24, 2.45) is 0 Å². The second-order valence-corrected chi connectivity index (χ2v) is 7.66. The Bertz CT molecular complexity index is 733. The van der Waals surface area contributed by atoms with Gasteiger partial charge in [0.05, 0.1) is 17.6 Å². The molecule has 1 unspecified atom stereocenters. The molecular formula is C17H22BrN3O3. The van der Waals surface area contributed by atoms with Crippen molar-refractivity contribution in [1.29, 1.82) is 0 Å². The molecule has 6 nitrogen and oxygen atoms in total. The quantitative estimate of drug-likeness (QED) is 0.732. The first-order valence-corrected chi connectivity index (χ1v) is 9.53. The average molecular weight is 396 g/mol. The number of carbonyl (C=O) groups is 1. The second kappa shape index (κ2) is 6.19. The third-order valence-electron chi connectivity index (χ3n) is 5.34. The summed E-state index contributed by atoms with van der Waals surface area (Å²) in [7, 11) is 0. The van der Waals surface area contributed by atoms with E-state index in [0.717, 1.165) is 32.4 Å². The number of amides is 1. The van der Waals surface area contributed by atoms with Crippen molar-refractivity contribution in [1.82, 2.24) is 14.4 Å². The van der Waals surface area contributed by atoms with Crippen LogP contribution >= 0.6 is 15.9 Å². The van der Waals surface area contributed by atoms with Crippen LogP contribution in [0.15, 0.2) is 15.5 Å². The molecule has 2 atom stereocenters. The standard InChI is InChI=1S/C17H22BrN3O3/c1-2-3-7-24-16-14-17(23)21-8-11-5-4-6-20(11)13(21)10-19(14)9-12(18)15(16)22/h9,11,13H,2-8,10H2,1H3/t11?,13-/m0/s1. The molecule has 1 amide bonds. The normalized spacial score (nSPS) is 25.6. The minimum Gasteiger partial charge on any atom is -0.487 e. The molecule has 0 aliphatic carbocycles. The third-order valence-corrected chi connectivity index (χ3v) is 5.90. The zero-order valence-electron chi connectivity index (χ0n) is 13.8. The van der Waals surface area contributed by atoms with Gasteiger partial charge in [0, 0.05) is 25.3 Å². The van der Waals surface area contributed by atoms with Gasteiger partial charge in [0.15, 0.2) is 11.4 Å². The first-order chi connectivity index (χ1) is 11.6. The molecule has 2 saturated heterocycles. The van der Waals surface area contributed by atoms with Crippen LogP contribution in [0.2, 0.25) is 0 Å². The van der Waals surface area contributed by atoms with Crippen molar-refractivity contribution in [3.63, 3.8) is 0 Å². The van der Waals surface area contributed by atoms with Crippen LogP contribution in [-0.4, -0.2) is 52.2 Å². The molecule has 130 valence electrons. The minimum absolute atomic E-state index is 0.0725. The van der Waals surface area contributed by atoms with Crippen LogP contribution in [-0.2, 0) is 6.54 Å². The monoisotopic (exact) mass is 395 g/mol. The van der Waals surface area contributed by atoms with E-state index in [1.807, 2.05) is 9.47 Å². The van der Waals surface area contributed by atoms with Gasteiger partial charge in [0.1, 0.15) is 6.17 Å². The number of rotatable bonds is 4. The molecule has 4 rings (SSSR count). The van der Waals surface area contributed by atoms with Gasteiger partial charge in [-0.1, -0.05) is 13.3 Å². The number of fused-ring (bicyclic) bond motifs is 4. The number of pyridine rings is 1. The molecule has 1 aromatic heterocycles. The van der Waals surface area contributed by atoms with Crippen LogP contribution in [0.4, 0.5) is 0 Å². The van der Waals surface area contributed by atoms with E-state index in [0.29, 0.717) is 29.4 Å². The summed E-state index contributed by atoms with van der Waals surface area (Å²) in [4.78, 5) is 30.0. The van der Waals surface area contributed by atoms with Crippen molar-refractivity contribution in [2.75, 3.05) is 19.7 Å². The summed E-state index contributed by atoms with van der Waals surface area (Å²) in [6, 6.07) is 0.466. The molecule has 7 heteroatoms. The highest BCUT2D eigenvalue weighted by Gasteiger charge is 2.48. The Hall–Kier alpha value is -1.34. The van der Waals surface area contributed by atoms with Crippen LogP contribution in [0.25, 0.3) is 0 Å². The maximum atomic E-state index is 13.1. The summed E-state index contributed by atoms with van der Waals surface area (Å²) in [5, 5.41) is 0. The highest BCUT2D eigenvalue weighted by atomic mass is 79.9. The smallest absolute Gasteiger partial charge is 0.275 e. The number of unbranched alkanes of at least 4 members (excludes halogenated alkanes) is 1. The SMILES string of the molecule is CCCCOc1c2n(cc(Br)c1=O)C[C@@H]1N(CC3CCCN31)C2=O. The molecule has 24 heavy (non-hydrogen) atoms. The highest BCUT2D eigenvalue weighted by Crippen LogP contribution is 2.35. The Morgan fingerprint density at radius 2 is 2.17 bits per heavy atom. The van der Waals surface area contributed by atoms with Crippen LogP contribution in [0.1, 0.15) is 43.1 Å². The fraction of sp³-hybridized carbons (Fsp3) is 0.647. The summed E-state index contributed by atoms with van der Waals surface area (Å²) in [6.45, 7) is 5.04. The van der Waals surface area contributed by atoms with E-state index >= 15 is 0 Å². The lowest BCUT2D eigenvalue weighted by Gasteiger charge is -2.36. The van der Waals surface area contributed by atoms with Crippen molar-refractivity contribution in [2.45, 2.75) is 51.4 Å². The lowest BCUT2D eigenvalue weighted by molar-refractivity contribution is 0.0512. The Labute approximate surface area is 149 Å². The largest absolute Gasteiger partial charge is 0.487 e. The molecule has 4 heterocycles. The molecule has 0 bridgehead atoms. The fourth-order valence-corrected chi connectivity index (χ4v) is 4.56. The summed E-state index contributed by atoms with van der Waals surface area (Å²) in [5.41, 5.74) is 0.181. The minimum atomic E-state index is -0.233. The maximum Gasteiger partial charge on any atom is 0.275 e. The van der Waals surface area contributed by atoms with E-state index in [9.17, 15) is 9.59 Å². The Kier molecular flexibility index (Phi) is 4.16. The average Bonchev–Trinajstić information content (AvgIpc) is 3.14. The number of hydrogen-bond acceptors (Lipinski definition) is 4. The van der Waals surface area contributed by atoms with Gasteiger partial charge in [-0.2, -0.15) is 0 Å². The van der Waals surface area contributed by atoms with Gasteiger partial charge in [0.2, 0.25) is 5.43 Å². The molecule has 3 aliphatic heterocycles. The van der Waals surface area contributed by atoms with Crippen molar-refractivity contribution < 1.29 is 9.53 Å². The number of ether oxygens (including phenoxy) is 1. The topological polar surface area (TPSA) is 54.8 Å². The number of aromatic nitrogens is 1. The number of halogens is 1. The van der Waals surface area contributed by atoms with Gasteiger partial charge in [-0.25, -0.2) is 0 Å². The summed E-state index contributed by atoms with van der Waals surface area (Å²) < 4.78 is 8.10. The predicted octanol–water partition coefficient (Wildman–Crippen LogP) is 2.05. The van der Waals surface area contributed by atoms with Crippen molar-refractivity contribution in [3.8, 4) is 5.75 Å². The number of nitrogens with zero attached hydrogens (tertiary/aromatic N) is 3. The van der Waals surface area contributed by atoms with E-state index < -0.39 is 0 Å². The van der Waals surface area contributed by atoms with E-state index in [2.05, 4.69) is 27.8 Å². The summed E-state index contributed by atoms with van der Waals surface area (Å²) in [5.74, 6) is 0.130. The van der Waals surface area contributed by atoms with E-state index in [1.54, 1.807) is 6.20 Å². The van der Waals surface area contributed by atoms with E-state index in [1.165, 1.54) is 6.42 Å². The molecule has 3 aliphatic rings. The maximum absolute atomic E-state index is 13.1. The van der Waals surface area contributed by atoms with Crippen LogP contribution < -0.4 is 10.2 Å². The van der Waals surface area contributed by atoms with Crippen molar-refractivity contribution in [3.05, 3.63) is 26.6 Å². The molecule has 2 fully saturated rings. The number of carbonyl (C=O) groups excluding carboxylic acids is 1. The van der Waals surface area contributed by atoms with E-state index in [-0.39, 0.29) is 23.3 Å². The fourth-order valence-electron chi connectivity index (χ4n) is 4.13. The first-order valence-electron chi connectivity index (χ1n) is 8.74. The Balaban J connectivity index is 1.73. The molecular weight excluding hydrogens is 374 g/mol. The lowest BCUT2D eigenvalue weighted by atomic mass is 10.2. The molecule has 0 saturated carbocycles. The molecule has 0 N–H and O–H groups in total. The molecule has 0 radical (unpaired) electrons. The molecule has 0 spiro atoms. The van der Waals surface area contributed by atoms with Gasteiger partial charge in [-0.15, -0.1) is 0 Å². The van der Waals surface area contributed by atoms with Gasteiger partial charge < -0.3 is 14.2 Å². The zero-order chi connectivity index (χ0) is 16.8. The van der Waals surface area contributed by atoms with Crippen LogP contribution in [0.3, 0.4) is 0 Å². The predicted molar refractivity (Wildman–Crippen MR) is 93.4 cm³/mol. The zero-order valence-corrected chi connectivity index (χ0v) is 15.4. The van der Waals surface area contributed by atoms with Gasteiger partial charge in [0.25, 0.3) is 5.91 Å². The van der Waals surface area contributed by atoms with E-state index in [4.69, 9.17) is 4.74 Å². The third kappa shape index (κ3) is 2.40. The van der Waals surface area contributed by atoms with Crippen molar-refractivity contribution >= 4 is 21.8 Å². The Morgan fingerprint density at radius 1 is 1.33 bits per heavy atom. The Morgan fingerprint density at radius 3 is 2.96 bits per heavy atom. The van der Waals surface area contributed by atoms with Gasteiger partial charge in [-0.3, -0.25) is 14.5 Å². The van der Waals surface area contributed by atoms with Crippen LogP contribution in [0.5, 0.6) is 5.75 Å². The van der Waals surface area contributed by atoms with Gasteiger partial charge >= 0.3 is 0 Å². The lowest BCUT2D eigenvalue weighted by Crippen LogP contribution is -2.50.